The minimum Gasteiger partial charge on any atom is -0.375 e. The van der Waals surface area contributed by atoms with E-state index >= 15 is 0 Å². The zero-order valence-electron chi connectivity index (χ0n) is 11.3. The highest BCUT2D eigenvalue weighted by molar-refractivity contribution is 7.80. The normalized spacial score (nSPS) is 10.9. The number of hydrogen-bond donors (Lipinski definition) is 4. The zero-order chi connectivity index (χ0) is 16.5. The van der Waals surface area contributed by atoms with Gasteiger partial charge in [-0.05, 0) is 24.4 Å². The quantitative estimate of drug-likeness (QED) is 0.255. The lowest BCUT2D eigenvalue weighted by molar-refractivity contribution is 0.649. The summed E-state index contributed by atoms with van der Waals surface area (Å²) in [6, 6.07) is 1.26. The highest BCUT2D eigenvalue weighted by atomic mass is 32.1. The van der Waals surface area contributed by atoms with Gasteiger partial charge in [-0.25, -0.2) is 4.79 Å². The Morgan fingerprint density at radius 2 is 1.68 bits per heavy atom. The van der Waals surface area contributed by atoms with Gasteiger partial charge in [0.2, 0.25) is 0 Å². The van der Waals surface area contributed by atoms with E-state index in [0.717, 1.165) is 4.57 Å². The van der Waals surface area contributed by atoms with E-state index in [1.54, 1.807) is 0 Å². The van der Waals surface area contributed by atoms with Gasteiger partial charge in [-0.3, -0.25) is 24.8 Å². The molecular weight excluding hydrogens is 328 g/mol. The van der Waals surface area contributed by atoms with Crippen molar-refractivity contribution in [2.75, 3.05) is 0 Å². The minimum absolute atomic E-state index is 0.00935. The summed E-state index contributed by atoms with van der Waals surface area (Å²) in [5.74, 6) is 0. The molecule has 0 unspecified atom stereocenters. The molecule has 0 aromatic carbocycles. The van der Waals surface area contributed by atoms with E-state index in [0.29, 0.717) is 0 Å². The van der Waals surface area contributed by atoms with E-state index in [1.807, 2.05) is 0 Å². The predicted octanol–water partition coefficient (Wildman–Crippen LogP) is -2.35. The topological polar surface area (TPSA) is 145 Å². The molecule has 6 N–H and O–H groups in total. The Hall–Kier alpha value is -2.60. The Morgan fingerprint density at radius 3 is 2.23 bits per heavy atom. The number of nitrogens with zero attached hydrogens (tertiary/aromatic N) is 4. The van der Waals surface area contributed by atoms with Crippen molar-refractivity contribution in [3.8, 4) is 0 Å². The van der Waals surface area contributed by atoms with Gasteiger partial charge in [0.15, 0.2) is 10.2 Å². The van der Waals surface area contributed by atoms with Crippen LogP contribution in [0.5, 0.6) is 0 Å². The Balaban J connectivity index is 2.84. The van der Waals surface area contributed by atoms with Crippen LogP contribution in [0.2, 0.25) is 0 Å². The Labute approximate surface area is 135 Å². The van der Waals surface area contributed by atoms with Gasteiger partial charge in [0.05, 0.1) is 13.1 Å². The summed E-state index contributed by atoms with van der Waals surface area (Å²) < 4.78 is 2.26. The second kappa shape index (κ2) is 8.63. The molecule has 0 amide bonds. The van der Waals surface area contributed by atoms with E-state index in [2.05, 4.69) is 45.5 Å². The van der Waals surface area contributed by atoms with Crippen LogP contribution in [0, 0.1) is 0 Å². The van der Waals surface area contributed by atoms with E-state index < -0.39 is 11.2 Å². The summed E-state index contributed by atoms with van der Waals surface area (Å²) in [4.78, 5) is 23.8. The molecule has 0 atom stereocenters. The molecule has 0 spiro atoms. The molecule has 10 nitrogen and oxygen atoms in total. The highest BCUT2D eigenvalue weighted by Crippen LogP contribution is 1.78. The largest absolute Gasteiger partial charge is 0.375 e. The van der Waals surface area contributed by atoms with Crippen molar-refractivity contribution >= 4 is 47.1 Å². The van der Waals surface area contributed by atoms with Crippen LogP contribution in [0.25, 0.3) is 0 Å². The molecule has 0 bridgehead atoms. The summed E-state index contributed by atoms with van der Waals surface area (Å²) in [6.45, 7) is 0.105. The highest BCUT2D eigenvalue weighted by Gasteiger charge is 2.03. The first-order chi connectivity index (χ1) is 10.4. The summed E-state index contributed by atoms with van der Waals surface area (Å²) >= 11 is 9.12. The molecule has 118 valence electrons. The Bertz CT molecular complexity index is 720. The van der Waals surface area contributed by atoms with E-state index in [9.17, 15) is 9.59 Å². The lowest BCUT2D eigenvalue weighted by Crippen LogP contribution is -2.39. The molecule has 1 aromatic heterocycles. The molecule has 1 aromatic rings. The Kier molecular flexibility index (Phi) is 6.85. The molecule has 0 aliphatic carbocycles. The maximum absolute atomic E-state index is 12.1. The number of nitrogens with one attached hydrogen (secondary N) is 2. The fourth-order valence-corrected chi connectivity index (χ4v) is 1.44. The Morgan fingerprint density at radius 1 is 1.14 bits per heavy atom. The first-order valence-electron chi connectivity index (χ1n) is 5.86. The molecule has 12 heteroatoms. The fraction of sp³-hybridized carbons (Fsp3) is 0.200. The van der Waals surface area contributed by atoms with Crippen LogP contribution in [0.3, 0.4) is 0 Å². The van der Waals surface area contributed by atoms with Crippen LogP contribution >= 0.6 is 24.4 Å². The zero-order valence-corrected chi connectivity index (χ0v) is 12.9. The summed E-state index contributed by atoms with van der Waals surface area (Å²) in [5.41, 5.74) is 14.1. The summed E-state index contributed by atoms with van der Waals surface area (Å²) in [7, 11) is 0. The molecule has 1 rings (SSSR count). The van der Waals surface area contributed by atoms with Crippen molar-refractivity contribution in [1.82, 2.24) is 20.0 Å². The van der Waals surface area contributed by atoms with Gasteiger partial charge in [0.1, 0.15) is 0 Å². The lowest BCUT2D eigenvalue weighted by Gasteiger charge is -2.05. The lowest BCUT2D eigenvalue weighted by atomic mass is 10.5. The SMILES string of the molecule is NC(=S)N/N=C\Cn1c(=O)ccn(C/C=N/NC(N)=S)c1=O. The molecule has 0 aliphatic heterocycles. The van der Waals surface area contributed by atoms with Gasteiger partial charge in [-0.15, -0.1) is 0 Å². The van der Waals surface area contributed by atoms with E-state index in [4.69, 9.17) is 11.5 Å². The van der Waals surface area contributed by atoms with Crippen molar-refractivity contribution in [3.05, 3.63) is 33.1 Å². The van der Waals surface area contributed by atoms with Crippen LogP contribution in [0.4, 0.5) is 0 Å². The van der Waals surface area contributed by atoms with Crippen molar-refractivity contribution in [1.29, 1.82) is 0 Å². The molecule has 0 radical (unpaired) electrons. The molecule has 0 fully saturated rings. The molecule has 22 heavy (non-hydrogen) atoms. The van der Waals surface area contributed by atoms with Gasteiger partial charge in [0.25, 0.3) is 5.56 Å². The number of hydrazone groups is 2. The average Bonchev–Trinajstić information content (AvgIpc) is 2.44. The number of nitrogens with two attached hydrogens (primary N) is 2. The summed E-state index contributed by atoms with van der Waals surface area (Å²) in [5, 5.41) is 7.35. The predicted molar refractivity (Wildman–Crippen MR) is 91.8 cm³/mol. The van der Waals surface area contributed by atoms with E-state index in [-0.39, 0.29) is 23.3 Å². The van der Waals surface area contributed by atoms with Crippen molar-refractivity contribution < 1.29 is 0 Å². The molecule has 0 saturated carbocycles. The van der Waals surface area contributed by atoms with Crippen molar-refractivity contribution in [2.45, 2.75) is 13.1 Å². The number of rotatable bonds is 6. The monoisotopic (exact) mass is 342 g/mol. The maximum atomic E-state index is 12.1. The van der Waals surface area contributed by atoms with E-state index in [1.165, 1.54) is 29.3 Å². The van der Waals surface area contributed by atoms with Crippen LogP contribution in [0.15, 0.2) is 32.1 Å². The smallest absolute Gasteiger partial charge is 0.331 e. The van der Waals surface area contributed by atoms with Crippen LogP contribution in [0.1, 0.15) is 0 Å². The van der Waals surface area contributed by atoms with Crippen LogP contribution in [-0.2, 0) is 13.1 Å². The third kappa shape index (κ3) is 5.80. The second-order valence-corrected chi connectivity index (χ2v) is 4.65. The van der Waals surface area contributed by atoms with Crippen LogP contribution < -0.4 is 33.6 Å². The van der Waals surface area contributed by atoms with Crippen molar-refractivity contribution in [2.24, 2.45) is 21.7 Å². The number of aromatic nitrogens is 2. The number of thiocarbonyl (C=S) groups is 2. The van der Waals surface area contributed by atoms with Crippen molar-refractivity contribution in [3.63, 3.8) is 0 Å². The third-order valence-electron chi connectivity index (χ3n) is 2.21. The van der Waals surface area contributed by atoms with Gasteiger partial charge in [-0.1, -0.05) is 0 Å². The second-order valence-electron chi connectivity index (χ2n) is 3.77. The first-order valence-corrected chi connectivity index (χ1v) is 6.67. The number of hydrogen-bond acceptors (Lipinski definition) is 6. The molecule has 0 saturated heterocycles. The minimum atomic E-state index is -0.518. The third-order valence-corrected chi connectivity index (χ3v) is 2.40. The fourth-order valence-electron chi connectivity index (χ4n) is 1.33. The van der Waals surface area contributed by atoms with Gasteiger partial charge < -0.3 is 11.5 Å². The average molecular weight is 342 g/mol. The summed E-state index contributed by atoms with van der Waals surface area (Å²) in [6.07, 6.45) is 4.05. The maximum Gasteiger partial charge on any atom is 0.331 e. The van der Waals surface area contributed by atoms with Gasteiger partial charge in [-0.2, -0.15) is 10.2 Å². The van der Waals surface area contributed by atoms with Gasteiger partial charge in [0, 0.05) is 24.7 Å². The molecular formula is C10H14N8O2S2. The standard InChI is InChI=1S/C10H14N8O2S2/c11-8(21)15-13-2-5-17-4-1-7(19)18(10(17)20)6-3-14-16-9(12)22/h1-4H,5-6H2,(H3,11,15,21)(H3,12,16,22)/b13-2+,14-3-. The molecule has 1 heterocycles. The van der Waals surface area contributed by atoms with Gasteiger partial charge >= 0.3 is 5.69 Å². The first kappa shape index (κ1) is 17.5. The molecule has 0 aliphatic rings. The van der Waals surface area contributed by atoms with Crippen LogP contribution in [-0.4, -0.2) is 31.8 Å².